The van der Waals surface area contributed by atoms with Crippen molar-refractivity contribution in [3.05, 3.63) is 66.2 Å². The van der Waals surface area contributed by atoms with Crippen molar-refractivity contribution in [1.29, 1.82) is 0 Å². The molecule has 24 heavy (non-hydrogen) atoms. The summed E-state index contributed by atoms with van der Waals surface area (Å²) in [6.07, 6.45) is 0.968. The van der Waals surface area contributed by atoms with Gasteiger partial charge >= 0.3 is 0 Å². The van der Waals surface area contributed by atoms with Crippen LogP contribution in [-0.2, 0) is 6.42 Å². The molecule has 0 saturated carbocycles. The van der Waals surface area contributed by atoms with Gasteiger partial charge in [-0.25, -0.2) is 0 Å². The van der Waals surface area contributed by atoms with E-state index in [0.717, 1.165) is 29.2 Å². The highest BCUT2D eigenvalue weighted by Crippen LogP contribution is 2.30. The molecule has 2 aromatic rings. The van der Waals surface area contributed by atoms with Gasteiger partial charge in [0.05, 0.1) is 11.5 Å². The van der Waals surface area contributed by atoms with Crippen LogP contribution < -0.4 is 14.2 Å². The van der Waals surface area contributed by atoms with Crippen LogP contribution in [-0.4, -0.2) is 13.4 Å². The molecule has 2 aliphatic rings. The van der Waals surface area contributed by atoms with Gasteiger partial charge in [0.15, 0.2) is 0 Å². The van der Waals surface area contributed by atoms with E-state index in [4.69, 9.17) is 14.2 Å². The first kappa shape index (κ1) is 19.6. The van der Waals surface area contributed by atoms with E-state index < -0.39 is 0 Å². The summed E-state index contributed by atoms with van der Waals surface area (Å²) in [5, 5.41) is 0. The summed E-state index contributed by atoms with van der Waals surface area (Å²) in [5.41, 5.74) is 2.41. The zero-order valence-electron chi connectivity index (χ0n) is 15.1. The molecule has 0 spiro atoms. The highest BCUT2D eigenvalue weighted by Gasteiger charge is 2.10. The Kier molecular flexibility index (Phi) is 9.13. The Bertz CT molecular complexity index is 597. The molecule has 0 amide bonds. The van der Waals surface area contributed by atoms with Crippen molar-refractivity contribution in [2.45, 2.75) is 34.1 Å². The van der Waals surface area contributed by atoms with Crippen LogP contribution >= 0.6 is 0 Å². The molecule has 0 radical (unpaired) electrons. The summed E-state index contributed by atoms with van der Waals surface area (Å²) < 4.78 is 15.5. The van der Waals surface area contributed by atoms with E-state index in [1.165, 1.54) is 5.56 Å². The molecule has 0 atom stereocenters. The Morgan fingerprint density at radius 1 is 0.875 bits per heavy atom. The summed E-state index contributed by atoms with van der Waals surface area (Å²) in [4.78, 5) is 0. The lowest BCUT2D eigenvalue weighted by atomic mass is 10.0. The molecule has 0 unspecified atom stereocenters. The quantitative estimate of drug-likeness (QED) is 0.476. The second-order valence-corrected chi connectivity index (χ2v) is 4.60. The lowest BCUT2D eigenvalue weighted by Gasteiger charge is -2.18. The molecule has 0 saturated heterocycles. The van der Waals surface area contributed by atoms with Gasteiger partial charge in [-0.3, -0.25) is 0 Å². The summed E-state index contributed by atoms with van der Waals surface area (Å²) in [6.45, 7) is 12.9. The minimum Gasteiger partial charge on any atom is -0.516 e. The van der Waals surface area contributed by atoms with Gasteiger partial charge in [0.2, 0.25) is 6.79 Å². The monoisotopic (exact) mass is 327 g/mol. The van der Waals surface area contributed by atoms with Crippen molar-refractivity contribution in [2.24, 2.45) is 0 Å². The topological polar surface area (TPSA) is 27.7 Å². The molecule has 130 valence electrons. The molecule has 0 N–H and O–H groups in total. The molecule has 0 aromatic heterocycles. The fraction of sp³-hybridized carbons (Fsp3) is 0.333. The number of ether oxygens (including phenoxy) is 3. The lowest BCUT2D eigenvalue weighted by molar-refractivity contribution is 0.174. The Balaban J connectivity index is 0.000000202. The van der Waals surface area contributed by atoms with Crippen LogP contribution in [0.2, 0.25) is 0 Å². The van der Waals surface area contributed by atoms with E-state index in [2.05, 4.69) is 18.7 Å². The van der Waals surface area contributed by atoms with Crippen molar-refractivity contribution in [3.8, 4) is 17.2 Å². The second kappa shape index (κ2) is 11.2. The normalized spacial score (nSPS) is 12.8. The van der Waals surface area contributed by atoms with Crippen LogP contribution in [0.4, 0.5) is 0 Å². The number of hydrogen-bond donors (Lipinski definition) is 0. The van der Waals surface area contributed by atoms with Gasteiger partial charge in [0.1, 0.15) is 12.4 Å². The summed E-state index contributed by atoms with van der Waals surface area (Å²) in [7, 11) is 0. The molecule has 3 heteroatoms. The molecular formula is C21H27O3-. The Morgan fingerprint density at radius 3 is 2.33 bits per heavy atom. The number of hydrogen-bond acceptors (Lipinski definition) is 3. The van der Waals surface area contributed by atoms with Gasteiger partial charge in [-0.2, -0.15) is 12.1 Å². The Hall–Kier alpha value is -2.42. The fourth-order valence-corrected chi connectivity index (χ4v) is 2.08. The predicted molar refractivity (Wildman–Crippen MR) is 98.9 cm³/mol. The maximum atomic E-state index is 5.44. The van der Waals surface area contributed by atoms with Crippen LogP contribution in [0, 0.1) is 6.07 Å². The van der Waals surface area contributed by atoms with Gasteiger partial charge in [0.25, 0.3) is 0 Å². The van der Waals surface area contributed by atoms with Crippen molar-refractivity contribution >= 4 is 0 Å². The zero-order chi connectivity index (χ0) is 17.8. The molecule has 2 heterocycles. The van der Waals surface area contributed by atoms with Crippen LogP contribution in [0.5, 0.6) is 17.2 Å². The van der Waals surface area contributed by atoms with E-state index in [-0.39, 0.29) is 0 Å². The van der Waals surface area contributed by atoms with Crippen molar-refractivity contribution < 1.29 is 14.2 Å². The van der Waals surface area contributed by atoms with Crippen molar-refractivity contribution in [3.63, 3.8) is 0 Å². The SMILES string of the molecule is C=C1COc2ccccc2C1.CC.CC.[c-]1ccc2c(c1)OCO2. The largest absolute Gasteiger partial charge is 0.516 e. The number of para-hydroxylation sites is 1. The standard InChI is InChI=1S/C10H10O.C7H5O2.2C2H6/c1-8-6-9-4-2-3-5-10(9)11-7-8;1-2-4-7-6(3-1)8-5-9-7;2*1-2/h2-5H,1,6-7H2;1,3-4H,5H2;2*1-2H3/q;-1;;. The fourth-order valence-electron chi connectivity index (χ4n) is 2.08. The van der Waals surface area contributed by atoms with Gasteiger partial charge in [0, 0.05) is 6.42 Å². The predicted octanol–water partition coefficient (Wildman–Crippen LogP) is 5.45. The van der Waals surface area contributed by atoms with Gasteiger partial charge in [-0.05, 0) is 17.2 Å². The van der Waals surface area contributed by atoms with Crippen LogP contribution in [0.15, 0.2) is 54.6 Å². The van der Waals surface area contributed by atoms with Gasteiger partial charge in [-0.1, -0.05) is 52.5 Å². The summed E-state index contributed by atoms with van der Waals surface area (Å²) in [5.74, 6) is 2.62. The van der Waals surface area contributed by atoms with Crippen LogP contribution in [0.25, 0.3) is 0 Å². The third-order valence-electron chi connectivity index (χ3n) is 3.06. The molecule has 2 aromatic carbocycles. The highest BCUT2D eigenvalue weighted by molar-refractivity contribution is 5.40. The summed E-state index contributed by atoms with van der Waals surface area (Å²) in [6, 6.07) is 16.4. The molecular weight excluding hydrogens is 300 g/mol. The molecule has 2 aliphatic heterocycles. The average molecular weight is 327 g/mol. The van der Waals surface area contributed by atoms with Crippen LogP contribution in [0.1, 0.15) is 33.3 Å². The van der Waals surface area contributed by atoms with E-state index >= 15 is 0 Å². The van der Waals surface area contributed by atoms with Gasteiger partial charge in [-0.15, -0.1) is 12.1 Å². The van der Waals surface area contributed by atoms with E-state index in [1.807, 2.05) is 52.0 Å². The third-order valence-corrected chi connectivity index (χ3v) is 3.06. The minimum absolute atomic E-state index is 0.340. The summed E-state index contributed by atoms with van der Waals surface area (Å²) >= 11 is 0. The molecule has 0 aliphatic carbocycles. The lowest BCUT2D eigenvalue weighted by Crippen LogP contribution is -2.10. The van der Waals surface area contributed by atoms with E-state index in [9.17, 15) is 0 Å². The van der Waals surface area contributed by atoms with E-state index in [1.54, 1.807) is 12.1 Å². The van der Waals surface area contributed by atoms with Crippen LogP contribution in [0.3, 0.4) is 0 Å². The first-order valence-electron chi connectivity index (χ1n) is 8.46. The highest BCUT2D eigenvalue weighted by atomic mass is 16.7. The molecule has 0 fully saturated rings. The first-order valence-corrected chi connectivity index (χ1v) is 8.46. The average Bonchev–Trinajstić information content (AvgIpc) is 3.14. The van der Waals surface area contributed by atoms with E-state index in [0.29, 0.717) is 13.4 Å². The Labute approximate surface area is 145 Å². The molecule has 3 nitrogen and oxygen atoms in total. The number of fused-ring (bicyclic) bond motifs is 2. The maximum absolute atomic E-state index is 5.44. The molecule has 4 rings (SSSR count). The second-order valence-electron chi connectivity index (χ2n) is 4.60. The minimum atomic E-state index is 0.340. The van der Waals surface area contributed by atoms with Crippen molar-refractivity contribution in [1.82, 2.24) is 0 Å². The van der Waals surface area contributed by atoms with Crippen molar-refractivity contribution in [2.75, 3.05) is 13.4 Å². The number of benzene rings is 2. The third kappa shape index (κ3) is 5.65. The Morgan fingerprint density at radius 2 is 1.58 bits per heavy atom. The van der Waals surface area contributed by atoms with Gasteiger partial charge < -0.3 is 14.2 Å². The zero-order valence-corrected chi connectivity index (χ0v) is 15.1. The first-order chi connectivity index (χ1) is 11.8. The smallest absolute Gasteiger partial charge is 0.215 e. The maximum Gasteiger partial charge on any atom is 0.215 e. The number of rotatable bonds is 0. The molecule has 0 bridgehead atoms.